The van der Waals surface area contributed by atoms with E-state index in [-0.39, 0.29) is 37.2 Å². The van der Waals surface area contributed by atoms with Gasteiger partial charge in [0.15, 0.2) is 0 Å². The van der Waals surface area contributed by atoms with Crippen molar-refractivity contribution in [1.29, 1.82) is 0 Å². The molecule has 0 aromatic rings. The summed E-state index contributed by atoms with van der Waals surface area (Å²) in [6.45, 7) is 9.38. The van der Waals surface area contributed by atoms with Gasteiger partial charge in [0, 0.05) is 19.6 Å². The van der Waals surface area contributed by atoms with Crippen molar-refractivity contribution in [2.75, 3.05) is 39.5 Å². The normalized spacial score (nSPS) is 11.2. The molecule has 0 aliphatic heterocycles. The Hall–Kier alpha value is -1.63. The fourth-order valence-electron chi connectivity index (χ4n) is 5.04. The van der Waals surface area contributed by atoms with E-state index in [0.29, 0.717) is 39.5 Å². The van der Waals surface area contributed by atoms with Crippen molar-refractivity contribution >= 4 is 17.9 Å². The van der Waals surface area contributed by atoms with E-state index >= 15 is 0 Å². The number of rotatable bonds is 33. The Bertz CT molecular complexity index is 556. The lowest BCUT2D eigenvalue weighted by atomic mass is 10.1. The van der Waals surface area contributed by atoms with Crippen LogP contribution in [-0.4, -0.2) is 62.3 Å². The zero-order valence-corrected chi connectivity index (χ0v) is 28.6. The van der Waals surface area contributed by atoms with Crippen molar-refractivity contribution in [2.45, 2.75) is 175 Å². The standard InChI is InChI=1S/C36H69NO6/c1-4-7-10-13-16-19-22-31-41-34(38)25-28-37(29-26-35(39)42-32-23-20-17-14-11-8-5-2)30-27-36(40)43-33-24-21-18-15-12-9-6-3/h4-33H2,1-3H3. The molecule has 0 aliphatic rings. The maximum Gasteiger partial charge on any atom is 0.307 e. The zero-order valence-electron chi connectivity index (χ0n) is 28.6. The fourth-order valence-corrected chi connectivity index (χ4v) is 5.04. The van der Waals surface area contributed by atoms with Gasteiger partial charge in [-0.1, -0.05) is 136 Å². The molecule has 0 spiro atoms. The van der Waals surface area contributed by atoms with Crippen molar-refractivity contribution in [3.8, 4) is 0 Å². The van der Waals surface area contributed by atoms with Crippen LogP contribution in [-0.2, 0) is 28.6 Å². The first-order valence-electron chi connectivity index (χ1n) is 18.2. The van der Waals surface area contributed by atoms with Crippen LogP contribution in [0.1, 0.15) is 175 Å². The van der Waals surface area contributed by atoms with Crippen molar-refractivity contribution in [3.05, 3.63) is 0 Å². The molecular formula is C36H69NO6. The van der Waals surface area contributed by atoms with Crippen LogP contribution >= 0.6 is 0 Å². The van der Waals surface area contributed by atoms with E-state index in [1.54, 1.807) is 0 Å². The van der Waals surface area contributed by atoms with Crippen LogP contribution in [0.4, 0.5) is 0 Å². The number of hydrogen-bond acceptors (Lipinski definition) is 7. The number of esters is 3. The smallest absolute Gasteiger partial charge is 0.307 e. The molecule has 43 heavy (non-hydrogen) atoms. The van der Waals surface area contributed by atoms with Gasteiger partial charge in [-0.15, -0.1) is 0 Å². The first-order chi connectivity index (χ1) is 21.0. The van der Waals surface area contributed by atoms with Gasteiger partial charge in [0.2, 0.25) is 0 Å². The molecule has 0 rings (SSSR count). The molecule has 7 heteroatoms. The van der Waals surface area contributed by atoms with Crippen LogP contribution in [0.25, 0.3) is 0 Å². The van der Waals surface area contributed by atoms with Gasteiger partial charge in [0.1, 0.15) is 0 Å². The summed E-state index contributed by atoms with van der Waals surface area (Å²) >= 11 is 0. The highest BCUT2D eigenvalue weighted by Crippen LogP contribution is 2.10. The highest BCUT2D eigenvalue weighted by Gasteiger charge is 2.14. The van der Waals surface area contributed by atoms with Gasteiger partial charge in [0.25, 0.3) is 0 Å². The molecule has 0 fully saturated rings. The molecule has 0 saturated heterocycles. The second-order valence-electron chi connectivity index (χ2n) is 12.1. The molecule has 0 N–H and O–H groups in total. The molecular weight excluding hydrogens is 542 g/mol. The average Bonchev–Trinajstić information content (AvgIpc) is 3.00. The number of unbranched alkanes of at least 4 members (excludes halogenated alkanes) is 18. The van der Waals surface area contributed by atoms with Gasteiger partial charge in [-0.3, -0.25) is 14.4 Å². The summed E-state index contributed by atoms with van der Waals surface area (Å²) in [5.41, 5.74) is 0. The van der Waals surface area contributed by atoms with E-state index in [1.165, 1.54) is 96.3 Å². The molecule has 0 aromatic carbocycles. The first-order valence-corrected chi connectivity index (χ1v) is 18.2. The Labute approximate surface area is 265 Å². The van der Waals surface area contributed by atoms with Gasteiger partial charge < -0.3 is 19.1 Å². The Balaban J connectivity index is 4.34. The van der Waals surface area contributed by atoms with E-state index in [1.807, 2.05) is 4.90 Å². The molecule has 7 nitrogen and oxygen atoms in total. The summed E-state index contributed by atoms with van der Waals surface area (Å²) < 4.78 is 16.3. The van der Waals surface area contributed by atoms with E-state index in [0.717, 1.165) is 38.5 Å². The SMILES string of the molecule is CCCCCCCCCOC(=O)CCN(CCC(=O)OCCCCCCCCC)CCC(=O)OCCCCCCCCC. The van der Waals surface area contributed by atoms with Crippen LogP contribution in [0.5, 0.6) is 0 Å². The minimum atomic E-state index is -0.223. The Morgan fingerprint density at radius 2 is 0.605 bits per heavy atom. The molecule has 0 unspecified atom stereocenters. The van der Waals surface area contributed by atoms with Gasteiger partial charge in [-0.05, 0) is 19.3 Å². The van der Waals surface area contributed by atoms with Crippen molar-refractivity contribution < 1.29 is 28.6 Å². The molecule has 0 radical (unpaired) electrons. The third kappa shape index (κ3) is 31.6. The molecule has 0 saturated carbocycles. The summed E-state index contributed by atoms with van der Waals surface area (Å²) in [6.07, 6.45) is 25.5. The van der Waals surface area contributed by atoms with Crippen molar-refractivity contribution in [3.63, 3.8) is 0 Å². The predicted octanol–water partition coefficient (Wildman–Crippen LogP) is 9.34. The maximum atomic E-state index is 12.3. The Kier molecular flexibility index (Phi) is 32.0. The summed E-state index contributed by atoms with van der Waals surface area (Å²) in [5, 5.41) is 0. The van der Waals surface area contributed by atoms with Crippen molar-refractivity contribution in [2.24, 2.45) is 0 Å². The highest BCUT2D eigenvalue weighted by atomic mass is 16.5. The lowest BCUT2D eigenvalue weighted by molar-refractivity contribution is -0.144. The van der Waals surface area contributed by atoms with Crippen LogP contribution in [0, 0.1) is 0 Å². The number of carbonyl (C=O) groups excluding carboxylic acids is 3. The second kappa shape index (κ2) is 33.3. The number of carbonyl (C=O) groups is 3. The number of hydrogen-bond donors (Lipinski definition) is 0. The lowest BCUT2D eigenvalue weighted by Gasteiger charge is -2.21. The molecule has 0 aromatic heterocycles. The third-order valence-electron chi connectivity index (χ3n) is 7.93. The van der Waals surface area contributed by atoms with E-state index in [4.69, 9.17) is 14.2 Å². The maximum absolute atomic E-state index is 12.3. The van der Waals surface area contributed by atoms with Crippen LogP contribution < -0.4 is 0 Å². The molecule has 0 atom stereocenters. The predicted molar refractivity (Wildman–Crippen MR) is 177 cm³/mol. The van der Waals surface area contributed by atoms with E-state index in [9.17, 15) is 14.4 Å². The lowest BCUT2D eigenvalue weighted by Crippen LogP contribution is -2.32. The van der Waals surface area contributed by atoms with Gasteiger partial charge in [-0.2, -0.15) is 0 Å². The van der Waals surface area contributed by atoms with Gasteiger partial charge in [0.05, 0.1) is 39.1 Å². The summed E-state index contributed by atoms with van der Waals surface area (Å²) in [7, 11) is 0. The first kappa shape index (κ1) is 41.4. The number of ether oxygens (including phenoxy) is 3. The van der Waals surface area contributed by atoms with E-state index in [2.05, 4.69) is 20.8 Å². The largest absolute Gasteiger partial charge is 0.466 e. The Morgan fingerprint density at radius 3 is 0.860 bits per heavy atom. The van der Waals surface area contributed by atoms with Crippen LogP contribution in [0.2, 0.25) is 0 Å². The molecule has 0 heterocycles. The fraction of sp³-hybridized carbons (Fsp3) is 0.917. The Morgan fingerprint density at radius 1 is 0.372 bits per heavy atom. The highest BCUT2D eigenvalue weighted by molar-refractivity contribution is 5.71. The zero-order chi connectivity index (χ0) is 31.6. The van der Waals surface area contributed by atoms with Crippen LogP contribution in [0.15, 0.2) is 0 Å². The van der Waals surface area contributed by atoms with E-state index < -0.39 is 0 Å². The van der Waals surface area contributed by atoms with Crippen LogP contribution in [0.3, 0.4) is 0 Å². The average molecular weight is 612 g/mol. The summed E-state index contributed by atoms with van der Waals surface area (Å²) in [6, 6.07) is 0. The monoisotopic (exact) mass is 612 g/mol. The molecule has 254 valence electrons. The number of nitrogens with zero attached hydrogens (tertiary/aromatic N) is 1. The van der Waals surface area contributed by atoms with Gasteiger partial charge >= 0.3 is 17.9 Å². The topological polar surface area (TPSA) is 82.1 Å². The molecule has 0 bridgehead atoms. The van der Waals surface area contributed by atoms with Crippen molar-refractivity contribution in [1.82, 2.24) is 4.90 Å². The minimum absolute atomic E-state index is 0.223. The minimum Gasteiger partial charge on any atom is -0.466 e. The molecule has 0 amide bonds. The third-order valence-corrected chi connectivity index (χ3v) is 7.93. The second-order valence-corrected chi connectivity index (χ2v) is 12.1. The van der Waals surface area contributed by atoms with Gasteiger partial charge in [-0.25, -0.2) is 0 Å². The summed E-state index contributed by atoms with van der Waals surface area (Å²) in [5.74, 6) is -0.669. The summed E-state index contributed by atoms with van der Waals surface area (Å²) in [4.78, 5) is 39.0. The molecule has 0 aliphatic carbocycles. The quantitative estimate of drug-likeness (QED) is 0.0415.